The third-order valence-electron chi connectivity index (χ3n) is 4.00. The van der Waals surface area contributed by atoms with Crippen molar-refractivity contribution in [1.29, 1.82) is 0 Å². The summed E-state index contributed by atoms with van der Waals surface area (Å²) in [7, 11) is 0. The summed E-state index contributed by atoms with van der Waals surface area (Å²) in [6.45, 7) is 0.526. The standard InChI is InChI=1S/C21H20BrClN2O2/c22-18-12-16(23)9-10-20(18)27-14-17(26)13-25-21(15-6-2-1-3-7-15)19-8-4-5-11-24-19/h1-12,17,21,25-26H,13-14H2. The molecule has 0 amide bonds. The van der Waals surface area contributed by atoms with Gasteiger partial charge in [-0.1, -0.05) is 48.0 Å². The van der Waals surface area contributed by atoms with Gasteiger partial charge in [-0.25, -0.2) is 0 Å². The first kappa shape index (κ1) is 19.8. The van der Waals surface area contributed by atoms with Crippen molar-refractivity contribution >= 4 is 27.5 Å². The number of pyridine rings is 1. The molecule has 0 aliphatic heterocycles. The summed E-state index contributed by atoms with van der Waals surface area (Å²) in [5, 5.41) is 14.4. The van der Waals surface area contributed by atoms with Gasteiger partial charge in [-0.05, 0) is 51.8 Å². The van der Waals surface area contributed by atoms with Crippen LogP contribution >= 0.6 is 27.5 Å². The minimum Gasteiger partial charge on any atom is -0.490 e. The Morgan fingerprint density at radius 1 is 1.07 bits per heavy atom. The fraction of sp³-hybridized carbons (Fsp3) is 0.190. The van der Waals surface area contributed by atoms with Gasteiger partial charge < -0.3 is 15.2 Å². The van der Waals surface area contributed by atoms with E-state index in [-0.39, 0.29) is 12.6 Å². The number of benzene rings is 2. The first-order valence-corrected chi connectivity index (χ1v) is 9.76. The number of hydrogen-bond acceptors (Lipinski definition) is 4. The summed E-state index contributed by atoms with van der Waals surface area (Å²) in [6, 6.07) is 21.0. The lowest BCUT2D eigenvalue weighted by atomic mass is 10.0. The van der Waals surface area contributed by atoms with E-state index in [0.717, 1.165) is 15.7 Å². The molecule has 0 aliphatic carbocycles. The second-order valence-electron chi connectivity index (χ2n) is 6.05. The zero-order valence-corrected chi connectivity index (χ0v) is 16.9. The van der Waals surface area contributed by atoms with E-state index in [0.29, 0.717) is 17.3 Å². The Hall–Kier alpha value is -1.92. The van der Waals surface area contributed by atoms with E-state index in [1.807, 2.05) is 48.5 Å². The Balaban J connectivity index is 1.61. The van der Waals surface area contributed by atoms with Crippen LogP contribution in [0.25, 0.3) is 0 Å². The van der Waals surface area contributed by atoms with Crippen LogP contribution in [-0.2, 0) is 0 Å². The molecule has 3 rings (SSSR count). The number of nitrogens with one attached hydrogen (secondary N) is 1. The van der Waals surface area contributed by atoms with Gasteiger partial charge in [0, 0.05) is 17.8 Å². The molecule has 1 heterocycles. The van der Waals surface area contributed by atoms with E-state index in [1.165, 1.54) is 0 Å². The van der Waals surface area contributed by atoms with Crippen LogP contribution in [0.4, 0.5) is 0 Å². The van der Waals surface area contributed by atoms with Gasteiger partial charge in [0.25, 0.3) is 0 Å². The lowest BCUT2D eigenvalue weighted by molar-refractivity contribution is 0.104. The van der Waals surface area contributed by atoms with Crippen LogP contribution in [0.3, 0.4) is 0 Å². The average molecular weight is 448 g/mol. The first-order chi connectivity index (χ1) is 13.1. The Morgan fingerprint density at radius 2 is 1.85 bits per heavy atom. The number of aliphatic hydroxyl groups is 1. The van der Waals surface area contributed by atoms with E-state index < -0.39 is 6.10 Å². The van der Waals surface area contributed by atoms with Gasteiger partial charge >= 0.3 is 0 Å². The molecule has 27 heavy (non-hydrogen) atoms. The van der Waals surface area contributed by atoms with Crippen molar-refractivity contribution in [2.24, 2.45) is 0 Å². The molecular formula is C21H20BrClN2O2. The summed E-state index contributed by atoms with van der Waals surface area (Å²) < 4.78 is 6.44. The van der Waals surface area contributed by atoms with Gasteiger partial charge in [0.05, 0.1) is 16.2 Å². The van der Waals surface area contributed by atoms with Crippen LogP contribution in [0.15, 0.2) is 77.4 Å². The van der Waals surface area contributed by atoms with Gasteiger partial charge in [0.1, 0.15) is 18.5 Å². The summed E-state index contributed by atoms with van der Waals surface area (Å²) in [5.74, 6) is 0.641. The molecule has 0 radical (unpaired) electrons. The van der Waals surface area contributed by atoms with E-state index in [4.69, 9.17) is 16.3 Å². The molecule has 0 fully saturated rings. The van der Waals surface area contributed by atoms with Gasteiger partial charge in [-0.2, -0.15) is 0 Å². The van der Waals surface area contributed by atoms with Crippen molar-refractivity contribution in [2.45, 2.75) is 12.1 Å². The van der Waals surface area contributed by atoms with Crippen molar-refractivity contribution in [3.8, 4) is 5.75 Å². The van der Waals surface area contributed by atoms with E-state index in [1.54, 1.807) is 24.4 Å². The van der Waals surface area contributed by atoms with Gasteiger partial charge in [0.2, 0.25) is 0 Å². The van der Waals surface area contributed by atoms with Crippen LogP contribution < -0.4 is 10.1 Å². The highest BCUT2D eigenvalue weighted by molar-refractivity contribution is 9.10. The molecular weight excluding hydrogens is 428 g/mol. The molecule has 2 unspecified atom stereocenters. The number of nitrogens with zero attached hydrogens (tertiary/aromatic N) is 1. The molecule has 2 aromatic carbocycles. The minimum atomic E-state index is -0.678. The predicted molar refractivity (Wildman–Crippen MR) is 111 cm³/mol. The smallest absolute Gasteiger partial charge is 0.133 e. The maximum absolute atomic E-state index is 10.3. The molecule has 0 aliphatic rings. The van der Waals surface area contributed by atoms with Crippen molar-refractivity contribution in [3.05, 3.63) is 93.7 Å². The maximum Gasteiger partial charge on any atom is 0.133 e. The highest BCUT2D eigenvalue weighted by Gasteiger charge is 2.17. The first-order valence-electron chi connectivity index (χ1n) is 8.58. The normalized spacial score (nSPS) is 13.1. The summed E-state index contributed by atoms with van der Waals surface area (Å²) in [4.78, 5) is 4.45. The molecule has 0 bridgehead atoms. The lowest BCUT2D eigenvalue weighted by Gasteiger charge is -2.21. The average Bonchev–Trinajstić information content (AvgIpc) is 2.69. The summed E-state index contributed by atoms with van der Waals surface area (Å²) in [5.41, 5.74) is 1.99. The van der Waals surface area contributed by atoms with Crippen molar-refractivity contribution in [3.63, 3.8) is 0 Å². The fourth-order valence-corrected chi connectivity index (χ4v) is 3.47. The third kappa shape index (κ3) is 5.78. The van der Waals surface area contributed by atoms with Crippen LogP contribution in [0, 0.1) is 0 Å². The molecule has 140 valence electrons. The number of halogens is 2. The van der Waals surface area contributed by atoms with E-state index in [9.17, 15) is 5.11 Å². The summed E-state index contributed by atoms with van der Waals surface area (Å²) in [6.07, 6.45) is 1.09. The number of aliphatic hydroxyl groups excluding tert-OH is 1. The van der Waals surface area contributed by atoms with E-state index >= 15 is 0 Å². The summed E-state index contributed by atoms with van der Waals surface area (Å²) >= 11 is 9.34. The molecule has 0 saturated carbocycles. The van der Waals surface area contributed by atoms with Crippen molar-refractivity contribution in [1.82, 2.24) is 10.3 Å². The lowest BCUT2D eigenvalue weighted by Crippen LogP contribution is -2.34. The third-order valence-corrected chi connectivity index (χ3v) is 4.85. The fourth-order valence-electron chi connectivity index (χ4n) is 2.68. The monoisotopic (exact) mass is 446 g/mol. The molecule has 1 aromatic heterocycles. The zero-order chi connectivity index (χ0) is 19.1. The molecule has 2 atom stereocenters. The number of hydrogen-bond donors (Lipinski definition) is 2. The largest absolute Gasteiger partial charge is 0.490 e. The Morgan fingerprint density at radius 3 is 2.56 bits per heavy atom. The minimum absolute atomic E-state index is 0.107. The molecule has 4 nitrogen and oxygen atoms in total. The zero-order valence-electron chi connectivity index (χ0n) is 14.6. The topological polar surface area (TPSA) is 54.4 Å². The van der Waals surface area contributed by atoms with Crippen LogP contribution in [0.2, 0.25) is 5.02 Å². The molecule has 3 aromatic rings. The Kier molecular flexibility index (Phi) is 7.24. The van der Waals surface area contributed by atoms with Crippen molar-refractivity contribution in [2.75, 3.05) is 13.2 Å². The van der Waals surface area contributed by atoms with Crippen LogP contribution in [-0.4, -0.2) is 29.3 Å². The molecule has 0 saturated heterocycles. The number of aromatic nitrogens is 1. The second-order valence-corrected chi connectivity index (χ2v) is 7.34. The van der Waals surface area contributed by atoms with Crippen LogP contribution in [0.1, 0.15) is 17.3 Å². The Labute approximate surface area is 172 Å². The van der Waals surface area contributed by atoms with Gasteiger partial charge in [0.15, 0.2) is 0 Å². The van der Waals surface area contributed by atoms with Crippen molar-refractivity contribution < 1.29 is 9.84 Å². The SMILES string of the molecule is OC(CNC(c1ccccc1)c1ccccn1)COc1ccc(Cl)cc1Br. The highest BCUT2D eigenvalue weighted by atomic mass is 79.9. The van der Waals surface area contributed by atoms with Gasteiger partial charge in [-0.3, -0.25) is 4.98 Å². The molecule has 6 heteroatoms. The highest BCUT2D eigenvalue weighted by Crippen LogP contribution is 2.28. The van der Waals surface area contributed by atoms with Crippen LogP contribution in [0.5, 0.6) is 5.75 Å². The van der Waals surface area contributed by atoms with E-state index in [2.05, 4.69) is 26.2 Å². The predicted octanol–water partition coefficient (Wildman–Crippen LogP) is 4.62. The van der Waals surface area contributed by atoms with Gasteiger partial charge in [-0.15, -0.1) is 0 Å². The molecule has 0 spiro atoms. The maximum atomic E-state index is 10.3. The molecule has 2 N–H and O–H groups in total. The number of ether oxygens (including phenoxy) is 1. The second kappa shape index (κ2) is 9.85. The quantitative estimate of drug-likeness (QED) is 0.529. The Bertz CT molecular complexity index is 810. The number of rotatable bonds is 8.